The van der Waals surface area contributed by atoms with E-state index in [0.717, 1.165) is 25.9 Å². The lowest BCUT2D eigenvalue weighted by Crippen LogP contribution is -2.39. The Bertz CT molecular complexity index is 509. The number of halogens is 1. The highest BCUT2D eigenvalue weighted by Gasteiger charge is 2.33. The lowest BCUT2D eigenvalue weighted by Gasteiger charge is -2.31. The van der Waals surface area contributed by atoms with Crippen LogP contribution in [0.5, 0.6) is 0 Å². The molecular weight excluding hydrogens is 338 g/mol. The van der Waals surface area contributed by atoms with Crippen LogP contribution in [-0.2, 0) is 20.7 Å². The molecule has 0 saturated carbocycles. The highest BCUT2D eigenvalue weighted by atomic mass is 35.5. The van der Waals surface area contributed by atoms with E-state index in [-0.39, 0.29) is 36.5 Å². The van der Waals surface area contributed by atoms with Gasteiger partial charge in [-0.25, -0.2) is 0 Å². The zero-order chi connectivity index (χ0) is 17.5. The van der Waals surface area contributed by atoms with E-state index in [1.165, 1.54) is 5.56 Å². The minimum absolute atomic E-state index is 0. The van der Waals surface area contributed by atoms with Crippen LogP contribution in [0, 0.1) is 11.8 Å². The van der Waals surface area contributed by atoms with Crippen molar-refractivity contribution in [3.8, 4) is 0 Å². The fourth-order valence-electron chi connectivity index (χ4n) is 3.24. The Balaban J connectivity index is 0.00000312. The standard InChI is InChI=1S/C20H31NO3.ClH/c1-14(2)13-23-19-11-7-10-18(21)20(22)24-15(3)17(19)12-16-8-5-4-6-9-16;/h4-6,8-9,14-15,17-19H,7,10-13,21H2,1-3H3;1H/t15-,17-,18-,19-;/m0./s1. The third-order valence-electron chi connectivity index (χ3n) is 4.65. The minimum Gasteiger partial charge on any atom is -0.461 e. The summed E-state index contributed by atoms with van der Waals surface area (Å²) in [6.07, 6.45) is 3.17. The van der Waals surface area contributed by atoms with Gasteiger partial charge in [-0.3, -0.25) is 4.79 Å². The van der Waals surface area contributed by atoms with E-state index in [1.54, 1.807) is 0 Å². The van der Waals surface area contributed by atoms with E-state index in [9.17, 15) is 4.79 Å². The quantitative estimate of drug-likeness (QED) is 0.803. The first-order valence-electron chi connectivity index (χ1n) is 9.09. The van der Waals surface area contributed by atoms with Crippen LogP contribution in [0.25, 0.3) is 0 Å². The van der Waals surface area contributed by atoms with Crippen molar-refractivity contribution in [1.29, 1.82) is 0 Å². The SMILES string of the molecule is CC(C)CO[C@H]1CCC[C@H](N)C(=O)O[C@@H](C)[C@@H]1Cc1ccccc1.Cl. The molecule has 1 aliphatic rings. The number of hydrogen-bond acceptors (Lipinski definition) is 4. The number of carbonyl (C=O) groups excluding carboxylic acids is 1. The van der Waals surface area contributed by atoms with Gasteiger partial charge in [0.1, 0.15) is 12.1 Å². The maximum atomic E-state index is 12.1. The molecule has 0 aromatic heterocycles. The summed E-state index contributed by atoms with van der Waals surface area (Å²) in [6, 6.07) is 9.82. The van der Waals surface area contributed by atoms with E-state index in [2.05, 4.69) is 26.0 Å². The molecule has 0 spiro atoms. The van der Waals surface area contributed by atoms with Gasteiger partial charge >= 0.3 is 5.97 Å². The number of ether oxygens (including phenoxy) is 2. The minimum atomic E-state index is -0.520. The zero-order valence-corrected chi connectivity index (χ0v) is 16.3. The predicted octanol–water partition coefficient (Wildman–Crippen LogP) is 3.75. The molecule has 1 fully saturated rings. The van der Waals surface area contributed by atoms with Gasteiger partial charge in [0, 0.05) is 12.5 Å². The van der Waals surface area contributed by atoms with Crippen LogP contribution < -0.4 is 5.73 Å². The monoisotopic (exact) mass is 369 g/mol. The first kappa shape index (κ1) is 21.9. The van der Waals surface area contributed by atoms with Gasteiger partial charge in [-0.05, 0) is 44.1 Å². The van der Waals surface area contributed by atoms with Crippen molar-refractivity contribution in [2.75, 3.05) is 6.61 Å². The second-order valence-electron chi connectivity index (χ2n) is 7.30. The normalized spacial score (nSPS) is 27.6. The van der Waals surface area contributed by atoms with Crippen LogP contribution in [-0.4, -0.2) is 30.8 Å². The van der Waals surface area contributed by atoms with Gasteiger partial charge in [0.25, 0.3) is 0 Å². The topological polar surface area (TPSA) is 61.5 Å². The number of rotatable bonds is 5. The third kappa shape index (κ3) is 6.96. The Labute approximate surface area is 157 Å². The first-order chi connectivity index (χ1) is 11.5. The summed E-state index contributed by atoms with van der Waals surface area (Å²) in [5, 5.41) is 0. The lowest BCUT2D eigenvalue weighted by atomic mass is 9.87. The van der Waals surface area contributed by atoms with Crippen LogP contribution in [0.4, 0.5) is 0 Å². The molecule has 0 unspecified atom stereocenters. The first-order valence-corrected chi connectivity index (χ1v) is 9.09. The Hall–Kier alpha value is -1.10. The molecule has 142 valence electrons. The van der Waals surface area contributed by atoms with Gasteiger partial charge in [0.2, 0.25) is 0 Å². The van der Waals surface area contributed by atoms with Gasteiger partial charge < -0.3 is 15.2 Å². The molecule has 4 atom stereocenters. The summed E-state index contributed by atoms with van der Waals surface area (Å²) in [5.74, 6) is 0.334. The van der Waals surface area contributed by atoms with Gasteiger partial charge in [-0.2, -0.15) is 0 Å². The average Bonchev–Trinajstić information content (AvgIpc) is 2.60. The van der Waals surface area contributed by atoms with Crippen molar-refractivity contribution in [3.63, 3.8) is 0 Å². The fourth-order valence-corrected chi connectivity index (χ4v) is 3.24. The number of nitrogens with two attached hydrogens (primary N) is 1. The maximum Gasteiger partial charge on any atom is 0.323 e. The van der Waals surface area contributed by atoms with Crippen molar-refractivity contribution in [2.24, 2.45) is 17.6 Å². The van der Waals surface area contributed by atoms with Crippen LogP contribution in [0.15, 0.2) is 30.3 Å². The second kappa shape index (κ2) is 10.8. The van der Waals surface area contributed by atoms with Crippen LogP contribution in [0.2, 0.25) is 0 Å². The van der Waals surface area contributed by atoms with Crippen LogP contribution >= 0.6 is 12.4 Å². The molecule has 0 amide bonds. The van der Waals surface area contributed by atoms with E-state index in [1.807, 2.05) is 25.1 Å². The third-order valence-corrected chi connectivity index (χ3v) is 4.65. The lowest BCUT2D eigenvalue weighted by molar-refractivity contribution is -0.155. The number of carbonyl (C=O) groups is 1. The highest BCUT2D eigenvalue weighted by Crippen LogP contribution is 2.27. The molecule has 25 heavy (non-hydrogen) atoms. The number of esters is 1. The summed E-state index contributed by atoms with van der Waals surface area (Å²) >= 11 is 0. The summed E-state index contributed by atoms with van der Waals surface area (Å²) < 4.78 is 11.9. The van der Waals surface area contributed by atoms with Crippen molar-refractivity contribution in [3.05, 3.63) is 35.9 Å². The van der Waals surface area contributed by atoms with Crippen LogP contribution in [0.1, 0.15) is 45.6 Å². The van der Waals surface area contributed by atoms with Gasteiger partial charge in [-0.15, -0.1) is 12.4 Å². The fraction of sp³-hybridized carbons (Fsp3) is 0.650. The van der Waals surface area contributed by atoms with Crippen molar-refractivity contribution >= 4 is 18.4 Å². The summed E-state index contributed by atoms with van der Waals surface area (Å²) in [7, 11) is 0. The molecule has 2 rings (SSSR count). The average molecular weight is 370 g/mol. The Morgan fingerprint density at radius 1 is 1.24 bits per heavy atom. The molecule has 1 aromatic rings. The summed E-state index contributed by atoms with van der Waals surface area (Å²) in [5.41, 5.74) is 7.17. The largest absolute Gasteiger partial charge is 0.461 e. The molecule has 1 aliphatic heterocycles. The van der Waals surface area contributed by atoms with E-state index in [0.29, 0.717) is 12.3 Å². The molecule has 0 radical (unpaired) electrons. The van der Waals surface area contributed by atoms with Crippen molar-refractivity contribution in [1.82, 2.24) is 0 Å². The van der Waals surface area contributed by atoms with Gasteiger partial charge in [0.15, 0.2) is 0 Å². The van der Waals surface area contributed by atoms with Gasteiger partial charge in [0.05, 0.1) is 6.10 Å². The molecule has 0 bridgehead atoms. The molecule has 1 aromatic carbocycles. The Morgan fingerprint density at radius 2 is 1.92 bits per heavy atom. The number of benzene rings is 1. The molecule has 2 N–H and O–H groups in total. The number of cyclic esters (lactones) is 1. The molecule has 1 saturated heterocycles. The summed E-state index contributed by atoms with van der Waals surface area (Å²) in [4.78, 5) is 12.1. The smallest absolute Gasteiger partial charge is 0.323 e. The van der Waals surface area contributed by atoms with Gasteiger partial charge in [-0.1, -0.05) is 44.2 Å². The zero-order valence-electron chi connectivity index (χ0n) is 15.5. The second-order valence-corrected chi connectivity index (χ2v) is 7.30. The van der Waals surface area contributed by atoms with Crippen LogP contribution in [0.3, 0.4) is 0 Å². The van der Waals surface area contributed by atoms with Crippen molar-refractivity contribution < 1.29 is 14.3 Å². The molecule has 0 aliphatic carbocycles. The molecule has 4 nitrogen and oxygen atoms in total. The van der Waals surface area contributed by atoms with E-state index in [4.69, 9.17) is 15.2 Å². The van der Waals surface area contributed by atoms with E-state index >= 15 is 0 Å². The predicted molar refractivity (Wildman–Crippen MR) is 103 cm³/mol. The Morgan fingerprint density at radius 3 is 2.56 bits per heavy atom. The van der Waals surface area contributed by atoms with E-state index < -0.39 is 6.04 Å². The number of hydrogen-bond donors (Lipinski definition) is 1. The van der Waals surface area contributed by atoms with Crippen molar-refractivity contribution in [2.45, 2.75) is 64.7 Å². The maximum absolute atomic E-state index is 12.1. The molecular formula is C20H32ClNO3. The molecule has 5 heteroatoms. The summed E-state index contributed by atoms with van der Waals surface area (Å²) in [6.45, 7) is 7.00. The Kier molecular flexibility index (Phi) is 9.47. The molecule has 1 heterocycles. The highest BCUT2D eigenvalue weighted by molar-refractivity contribution is 5.85.